The number of para-hydroxylation sites is 1. The summed E-state index contributed by atoms with van der Waals surface area (Å²) >= 11 is 0. The third-order valence-corrected chi connectivity index (χ3v) is 3.46. The summed E-state index contributed by atoms with van der Waals surface area (Å²) in [6.45, 7) is 5.04. The first-order valence-electron chi connectivity index (χ1n) is 7.58. The van der Waals surface area contributed by atoms with E-state index in [9.17, 15) is 0 Å². The molecule has 0 aliphatic rings. The zero-order valence-electron chi connectivity index (χ0n) is 13.7. The number of benzene rings is 2. The molecule has 0 N–H and O–H groups in total. The molecule has 0 unspecified atom stereocenters. The van der Waals surface area contributed by atoms with Gasteiger partial charge in [0.2, 0.25) is 0 Å². The molecule has 0 atom stereocenters. The number of hydrogen-bond donors (Lipinski definition) is 0. The fourth-order valence-corrected chi connectivity index (χ4v) is 2.17. The van der Waals surface area contributed by atoms with Crippen molar-refractivity contribution in [3.8, 4) is 23.3 Å². The van der Waals surface area contributed by atoms with E-state index in [0.717, 1.165) is 5.75 Å². The lowest BCUT2D eigenvalue weighted by Gasteiger charge is -2.13. The number of hydrogen-bond acceptors (Lipinski definition) is 4. The summed E-state index contributed by atoms with van der Waals surface area (Å²) in [5.74, 6) is 2.31. The molecule has 23 heavy (non-hydrogen) atoms. The van der Waals surface area contributed by atoms with Crippen molar-refractivity contribution in [3.05, 3.63) is 53.6 Å². The maximum atomic E-state index is 9.13. The average molecular weight is 311 g/mol. The van der Waals surface area contributed by atoms with Crippen LogP contribution in [0.3, 0.4) is 0 Å². The summed E-state index contributed by atoms with van der Waals surface area (Å²) in [6.07, 6.45) is 0. The van der Waals surface area contributed by atoms with Gasteiger partial charge in [0.05, 0.1) is 12.7 Å². The van der Waals surface area contributed by atoms with E-state index in [2.05, 4.69) is 32.0 Å². The second kappa shape index (κ2) is 8.09. The molecule has 0 bridgehead atoms. The molecule has 0 aromatic heterocycles. The van der Waals surface area contributed by atoms with Crippen molar-refractivity contribution in [2.45, 2.75) is 19.8 Å². The van der Waals surface area contributed by atoms with Gasteiger partial charge in [0.1, 0.15) is 25.0 Å². The molecular formula is C19H21NO3. The number of methoxy groups -OCH3 is 1. The highest BCUT2D eigenvalue weighted by atomic mass is 16.5. The van der Waals surface area contributed by atoms with Crippen molar-refractivity contribution < 1.29 is 14.2 Å². The van der Waals surface area contributed by atoms with Gasteiger partial charge in [0, 0.05) is 0 Å². The van der Waals surface area contributed by atoms with Crippen LogP contribution in [0.5, 0.6) is 17.2 Å². The molecule has 0 amide bonds. The minimum atomic E-state index is 0.334. The van der Waals surface area contributed by atoms with Gasteiger partial charge in [-0.1, -0.05) is 32.0 Å². The quantitative estimate of drug-likeness (QED) is 0.721. The highest BCUT2D eigenvalue weighted by molar-refractivity contribution is 5.52. The normalized spacial score (nSPS) is 10.2. The predicted octanol–water partition coefficient (Wildman–Crippen LogP) is 4.15. The standard InChI is InChI=1S/C19H21NO3/c1-14(2)15-7-9-17(10-8-15)22-11-12-23-19-16(13-20)5-4-6-18(19)21-3/h4-10,14H,11-12H2,1-3H3. The molecule has 120 valence electrons. The number of nitriles is 1. The van der Waals surface area contributed by atoms with Crippen molar-refractivity contribution in [3.63, 3.8) is 0 Å². The maximum absolute atomic E-state index is 9.13. The topological polar surface area (TPSA) is 51.5 Å². The summed E-state index contributed by atoms with van der Waals surface area (Å²) in [7, 11) is 1.55. The van der Waals surface area contributed by atoms with Crippen LogP contribution >= 0.6 is 0 Å². The highest BCUT2D eigenvalue weighted by Gasteiger charge is 2.10. The minimum Gasteiger partial charge on any atom is -0.493 e. The van der Waals surface area contributed by atoms with Crippen molar-refractivity contribution in [2.24, 2.45) is 0 Å². The monoisotopic (exact) mass is 311 g/mol. The zero-order chi connectivity index (χ0) is 16.7. The third kappa shape index (κ3) is 4.40. The largest absolute Gasteiger partial charge is 0.493 e. The number of nitrogens with zero attached hydrogens (tertiary/aromatic N) is 1. The van der Waals surface area contributed by atoms with Crippen LogP contribution in [0.2, 0.25) is 0 Å². The molecule has 0 aliphatic heterocycles. The van der Waals surface area contributed by atoms with E-state index < -0.39 is 0 Å². The number of rotatable bonds is 7. The third-order valence-electron chi connectivity index (χ3n) is 3.46. The summed E-state index contributed by atoms with van der Waals surface area (Å²) in [5.41, 5.74) is 1.73. The van der Waals surface area contributed by atoms with Gasteiger partial charge in [0.25, 0.3) is 0 Å². The number of ether oxygens (including phenoxy) is 3. The van der Waals surface area contributed by atoms with Gasteiger partial charge in [-0.05, 0) is 35.7 Å². The first-order valence-corrected chi connectivity index (χ1v) is 7.58. The SMILES string of the molecule is COc1cccc(C#N)c1OCCOc1ccc(C(C)C)cc1. The molecule has 2 aromatic rings. The Hall–Kier alpha value is -2.67. The first-order chi connectivity index (χ1) is 11.2. The Morgan fingerprint density at radius 2 is 1.70 bits per heavy atom. The molecule has 0 saturated carbocycles. The van der Waals surface area contributed by atoms with Crippen molar-refractivity contribution >= 4 is 0 Å². The van der Waals surface area contributed by atoms with Crippen molar-refractivity contribution in [1.29, 1.82) is 5.26 Å². The lowest BCUT2D eigenvalue weighted by atomic mass is 10.0. The Kier molecular flexibility index (Phi) is 5.87. The average Bonchev–Trinajstić information content (AvgIpc) is 2.58. The van der Waals surface area contributed by atoms with Gasteiger partial charge < -0.3 is 14.2 Å². The Bertz CT molecular complexity index is 672. The van der Waals surface area contributed by atoms with Gasteiger partial charge in [-0.3, -0.25) is 0 Å². The van der Waals surface area contributed by atoms with Crippen LogP contribution in [-0.2, 0) is 0 Å². The van der Waals surface area contributed by atoms with Gasteiger partial charge >= 0.3 is 0 Å². The van der Waals surface area contributed by atoms with Gasteiger partial charge in [-0.2, -0.15) is 5.26 Å². The van der Waals surface area contributed by atoms with Crippen LogP contribution in [0.1, 0.15) is 30.9 Å². The van der Waals surface area contributed by atoms with Crippen molar-refractivity contribution in [1.82, 2.24) is 0 Å². The van der Waals surface area contributed by atoms with Gasteiger partial charge in [-0.25, -0.2) is 0 Å². The van der Waals surface area contributed by atoms with E-state index in [0.29, 0.717) is 36.2 Å². The van der Waals surface area contributed by atoms with E-state index in [1.54, 1.807) is 25.3 Å². The van der Waals surface area contributed by atoms with Crippen LogP contribution in [0.25, 0.3) is 0 Å². The molecule has 4 heteroatoms. The van der Waals surface area contributed by atoms with Crippen LogP contribution in [-0.4, -0.2) is 20.3 Å². The lowest BCUT2D eigenvalue weighted by molar-refractivity contribution is 0.211. The molecule has 0 spiro atoms. The van der Waals surface area contributed by atoms with E-state index in [4.69, 9.17) is 19.5 Å². The van der Waals surface area contributed by atoms with E-state index in [1.807, 2.05) is 12.1 Å². The summed E-state index contributed by atoms with van der Waals surface area (Å²) in [6, 6.07) is 15.4. The highest BCUT2D eigenvalue weighted by Crippen LogP contribution is 2.30. The van der Waals surface area contributed by atoms with Crippen LogP contribution in [0.4, 0.5) is 0 Å². The fraction of sp³-hybridized carbons (Fsp3) is 0.316. The molecule has 0 radical (unpaired) electrons. The minimum absolute atomic E-state index is 0.334. The predicted molar refractivity (Wildman–Crippen MR) is 89.2 cm³/mol. The second-order valence-electron chi connectivity index (χ2n) is 5.37. The summed E-state index contributed by atoms with van der Waals surface area (Å²) in [5, 5.41) is 9.13. The van der Waals surface area contributed by atoms with Crippen LogP contribution in [0, 0.1) is 11.3 Å². The Morgan fingerprint density at radius 3 is 2.30 bits per heavy atom. The summed E-state index contributed by atoms with van der Waals surface area (Å²) in [4.78, 5) is 0. The summed E-state index contributed by atoms with van der Waals surface area (Å²) < 4.78 is 16.5. The molecule has 0 saturated heterocycles. The molecule has 0 fully saturated rings. The van der Waals surface area contributed by atoms with E-state index in [1.165, 1.54) is 5.56 Å². The fourth-order valence-electron chi connectivity index (χ4n) is 2.17. The van der Waals surface area contributed by atoms with Gasteiger partial charge in [0.15, 0.2) is 11.5 Å². The molecule has 2 aromatic carbocycles. The first kappa shape index (κ1) is 16.7. The van der Waals surface area contributed by atoms with Crippen LogP contribution < -0.4 is 14.2 Å². The Balaban J connectivity index is 1.90. The van der Waals surface area contributed by atoms with Crippen LogP contribution in [0.15, 0.2) is 42.5 Å². The van der Waals surface area contributed by atoms with Crippen molar-refractivity contribution in [2.75, 3.05) is 20.3 Å². The second-order valence-corrected chi connectivity index (χ2v) is 5.37. The van der Waals surface area contributed by atoms with E-state index in [-0.39, 0.29) is 0 Å². The molecule has 0 aliphatic carbocycles. The maximum Gasteiger partial charge on any atom is 0.179 e. The molecule has 0 heterocycles. The molecule has 2 rings (SSSR count). The van der Waals surface area contributed by atoms with Gasteiger partial charge in [-0.15, -0.1) is 0 Å². The molecular weight excluding hydrogens is 290 g/mol. The molecule has 4 nitrogen and oxygen atoms in total. The Labute approximate surface area is 137 Å². The smallest absolute Gasteiger partial charge is 0.179 e. The lowest BCUT2D eigenvalue weighted by Crippen LogP contribution is -2.10. The zero-order valence-corrected chi connectivity index (χ0v) is 13.7. The Morgan fingerprint density at radius 1 is 1.00 bits per heavy atom. The van der Waals surface area contributed by atoms with E-state index >= 15 is 0 Å².